The number of hydrogen-bond acceptors (Lipinski definition) is 3. The topological polar surface area (TPSA) is 67.4 Å². The van der Waals surface area contributed by atoms with Crippen LogP contribution in [0.15, 0.2) is 71.2 Å². The number of hydrogen-bond donors (Lipinski definition) is 2. The number of anilines is 2. The average Bonchev–Trinajstić information content (AvgIpc) is 2.73. The monoisotopic (exact) mass is 480 g/mol. The molecule has 0 saturated heterocycles. The number of carbonyl (C=O) groups excluding carboxylic acids is 2. The number of carbonyl (C=O) groups is 2. The SMILES string of the molecule is Cc1cccc(NC(=O)c2cccc(NC(=O)COc3ccc(Br)cc3C(C)C)c2)c1. The minimum Gasteiger partial charge on any atom is -0.483 e. The molecule has 6 heteroatoms. The molecular weight excluding hydrogens is 456 g/mol. The molecule has 0 aromatic heterocycles. The molecule has 5 nitrogen and oxygen atoms in total. The Hall–Kier alpha value is -3.12. The molecule has 3 rings (SSSR count). The van der Waals surface area contributed by atoms with Crippen molar-refractivity contribution < 1.29 is 14.3 Å². The van der Waals surface area contributed by atoms with E-state index in [0.717, 1.165) is 21.3 Å². The first kappa shape index (κ1) is 22.6. The first-order valence-electron chi connectivity index (χ1n) is 10.0. The molecule has 0 fully saturated rings. The fraction of sp³-hybridized carbons (Fsp3) is 0.200. The lowest BCUT2D eigenvalue weighted by Crippen LogP contribution is -2.21. The number of rotatable bonds is 7. The third kappa shape index (κ3) is 6.43. The van der Waals surface area contributed by atoms with Gasteiger partial charge in [0.2, 0.25) is 0 Å². The Balaban J connectivity index is 1.62. The van der Waals surface area contributed by atoms with Crippen molar-refractivity contribution in [1.29, 1.82) is 0 Å². The molecule has 0 saturated carbocycles. The first-order chi connectivity index (χ1) is 14.8. The molecule has 31 heavy (non-hydrogen) atoms. The molecule has 0 heterocycles. The minimum absolute atomic E-state index is 0.124. The summed E-state index contributed by atoms with van der Waals surface area (Å²) in [5.74, 6) is 0.405. The molecule has 0 aliphatic heterocycles. The van der Waals surface area contributed by atoms with Crippen molar-refractivity contribution in [3.8, 4) is 5.75 Å². The number of benzene rings is 3. The van der Waals surface area contributed by atoms with E-state index in [2.05, 4.69) is 40.4 Å². The van der Waals surface area contributed by atoms with Gasteiger partial charge in [0, 0.05) is 21.4 Å². The van der Waals surface area contributed by atoms with E-state index in [9.17, 15) is 9.59 Å². The number of amides is 2. The lowest BCUT2D eigenvalue weighted by atomic mass is 10.0. The van der Waals surface area contributed by atoms with Gasteiger partial charge >= 0.3 is 0 Å². The molecule has 3 aromatic carbocycles. The number of halogens is 1. The molecule has 0 bridgehead atoms. The van der Waals surface area contributed by atoms with Gasteiger partial charge in [-0.1, -0.05) is 48.0 Å². The zero-order chi connectivity index (χ0) is 22.4. The van der Waals surface area contributed by atoms with Gasteiger partial charge in [0.1, 0.15) is 5.75 Å². The second-order valence-electron chi connectivity index (χ2n) is 7.58. The lowest BCUT2D eigenvalue weighted by Gasteiger charge is -2.14. The predicted molar refractivity (Wildman–Crippen MR) is 128 cm³/mol. The van der Waals surface area contributed by atoms with Crippen molar-refractivity contribution in [3.05, 3.63) is 87.9 Å². The van der Waals surface area contributed by atoms with Crippen LogP contribution in [0.25, 0.3) is 0 Å². The van der Waals surface area contributed by atoms with E-state index in [1.807, 2.05) is 49.4 Å². The Morgan fingerprint density at radius 2 is 1.65 bits per heavy atom. The number of ether oxygens (including phenoxy) is 1. The van der Waals surface area contributed by atoms with Crippen molar-refractivity contribution in [2.24, 2.45) is 0 Å². The van der Waals surface area contributed by atoms with Crippen molar-refractivity contribution >= 4 is 39.1 Å². The van der Waals surface area contributed by atoms with E-state index < -0.39 is 0 Å². The fourth-order valence-corrected chi connectivity index (χ4v) is 3.49. The lowest BCUT2D eigenvalue weighted by molar-refractivity contribution is -0.118. The summed E-state index contributed by atoms with van der Waals surface area (Å²) in [4.78, 5) is 24.9. The van der Waals surface area contributed by atoms with Gasteiger partial charge in [-0.15, -0.1) is 0 Å². The van der Waals surface area contributed by atoms with Gasteiger partial charge in [-0.05, 0) is 72.5 Å². The highest BCUT2D eigenvalue weighted by atomic mass is 79.9. The molecule has 0 unspecified atom stereocenters. The molecule has 0 radical (unpaired) electrons. The van der Waals surface area contributed by atoms with Crippen LogP contribution in [0.5, 0.6) is 5.75 Å². The zero-order valence-corrected chi connectivity index (χ0v) is 19.3. The second-order valence-corrected chi connectivity index (χ2v) is 8.49. The Bertz CT molecular complexity index is 1100. The summed E-state index contributed by atoms with van der Waals surface area (Å²) in [7, 11) is 0. The summed E-state index contributed by atoms with van der Waals surface area (Å²) in [5.41, 5.74) is 3.80. The highest BCUT2D eigenvalue weighted by Crippen LogP contribution is 2.29. The predicted octanol–water partition coefficient (Wildman–Crippen LogP) is 6.15. The quantitative estimate of drug-likeness (QED) is 0.425. The van der Waals surface area contributed by atoms with Gasteiger partial charge in [0.25, 0.3) is 11.8 Å². The molecule has 0 atom stereocenters. The second kappa shape index (κ2) is 10.3. The van der Waals surface area contributed by atoms with Gasteiger partial charge in [0.15, 0.2) is 6.61 Å². The maximum absolute atomic E-state index is 12.6. The molecule has 2 N–H and O–H groups in total. The van der Waals surface area contributed by atoms with E-state index in [0.29, 0.717) is 17.0 Å². The van der Waals surface area contributed by atoms with Crippen LogP contribution in [0.1, 0.15) is 41.3 Å². The Morgan fingerprint density at radius 1 is 0.935 bits per heavy atom. The Morgan fingerprint density at radius 3 is 2.35 bits per heavy atom. The summed E-state index contributed by atoms with van der Waals surface area (Å²) in [6.07, 6.45) is 0. The minimum atomic E-state index is -0.297. The fourth-order valence-electron chi connectivity index (χ4n) is 3.11. The van der Waals surface area contributed by atoms with E-state index >= 15 is 0 Å². The summed E-state index contributed by atoms with van der Waals surface area (Å²) in [5, 5.41) is 5.65. The molecule has 0 aliphatic rings. The summed E-state index contributed by atoms with van der Waals surface area (Å²) in [6, 6.07) is 20.1. The summed E-state index contributed by atoms with van der Waals surface area (Å²) < 4.78 is 6.71. The third-order valence-corrected chi connectivity index (χ3v) is 5.13. The van der Waals surface area contributed by atoms with Gasteiger partial charge < -0.3 is 15.4 Å². The van der Waals surface area contributed by atoms with E-state index in [-0.39, 0.29) is 24.3 Å². The van der Waals surface area contributed by atoms with Crippen molar-refractivity contribution in [2.75, 3.05) is 17.2 Å². The molecular formula is C25H25BrN2O3. The van der Waals surface area contributed by atoms with E-state index in [1.165, 1.54) is 0 Å². The highest BCUT2D eigenvalue weighted by molar-refractivity contribution is 9.10. The third-order valence-electron chi connectivity index (χ3n) is 4.64. The average molecular weight is 481 g/mol. The smallest absolute Gasteiger partial charge is 0.262 e. The van der Waals surface area contributed by atoms with Gasteiger partial charge in [-0.3, -0.25) is 9.59 Å². The van der Waals surface area contributed by atoms with Crippen LogP contribution in [0.2, 0.25) is 0 Å². The van der Waals surface area contributed by atoms with Crippen LogP contribution in [0.3, 0.4) is 0 Å². The van der Waals surface area contributed by atoms with Gasteiger partial charge in [-0.25, -0.2) is 0 Å². The molecule has 160 valence electrons. The highest BCUT2D eigenvalue weighted by Gasteiger charge is 2.12. The standard InChI is InChI=1S/C25H25BrN2O3/c1-16(2)22-14-19(26)10-11-23(22)31-15-24(29)27-21-9-5-7-18(13-21)25(30)28-20-8-4-6-17(3)12-20/h4-14,16H,15H2,1-3H3,(H,27,29)(H,28,30). The van der Waals surface area contributed by atoms with Gasteiger partial charge in [0.05, 0.1) is 0 Å². The van der Waals surface area contributed by atoms with E-state index in [4.69, 9.17) is 4.74 Å². The van der Waals surface area contributed by atoms with E-state index in [1.54, 1.807) is 24.3 Å². The molecule has 3 aromatic rings. The molecule has 0 aliphatic carbocycles. The first-order valence-corrected chi connectivity index (χ1v) is 10.8. The normalized spacial score (nSPS) is 10.6. The van der Waals surface area contributed by atoms with Crippen molar-refractivity contribution in [1.82, 2.24) is 0 Å². The largest absolute Gasteiger partial charge is 0.483 e. The maximum Gasteiger partial charge on any atom is 0.262 e. The number of aryl methyl sites for hydroxylation is 1. The maximum atomic E-state index is 12.6. The summed E-state index contributed by atoms with van der Waals surface area (Å²) >= 11 is 3.46. The van der Waals surface area contributed by atoms with Crippen LogP contribution in [0, 0.1) is 6.92 Å². The summed E-state index contributed by atoms with van der Waals surface area (Å²) in [6.45, 7) is 5.98. The number of nitrogens with one attached hydrogen (secondary N) is 2. The van der Waals surface area contributed by atoms with Crippen molar-refractivity contribution in [3.63, 3.8) is 0 Å². The Labute approximate surface area is 191 Å². The van der Waals surface area contributed by atoms with Crippen LogP contribution in [-0.4, -0.2) is 18.4 Å². The molecule has 0 spiro atoms. The van der Waals surface area contributed by atoms with Gasteiger partial charge in [-0.2, -0.15) is 0 Å². The Kier molecular flexibility index (Phi) is 7.47. The zero-order valence-electron chi connectivity index (χ0n) is 17.7. The van der Waals surface area contributed by atoms with Crippen LogP contribution >= 0.6 is 15.9 Å². The molecule has 2 amide bonds. The van der Waals surface area contributed by atoms with Crippen LogP contribution < -0.4 is 15.4 Å². The van der Waals surface area contributed by atoms with Crippen LogP contribution in [0.4, 0.5) is 11.4 Å². The van der Waals surface area contributed by atoms with Crippen molar-refractivity contribution in [2.45, 2.75) is 26.7 Å². The van der Waals surface area contributed by atoms with Crippen LogP contribution in [-0.2, 0) is 4.79 Å².